The fourth-order valence-electron chi connectivity index (χ4n) is 2.66. The zero-order valence-electron chi connectivity index (χ0n) is 11.6. The lowest BCUT2D eigenvalue weighted by Crippen LogP contribution is -2.44. The van der Waals surface area contributed by atoms with E-state index in [2.05, 4.69) is 20.0 Å². The predicted octanol–water partition coefficient (Wildman–Crippen LogP) is 0.375. The zero-order valence-corrected chi connectivity index (χ0v) is 11.6. The molecule has 22 heavy (non-hydrogen) atoms. The van der Waals surface area contributed by atoms with Crippen molar-refractivity contribution in [3.63, 3.8) is 0 Å². The van der Waals surface area contributed by atoms with Crippen LogP contribution < -0.4 is 0 Å². The number of ether oxygens (including phenoxy) is 1. The van der Waals surface area contributed by atoms with Gasteiger partial charge in [-0.1, -0.05) is 0 Å². The molecule has 0 bridgehead atoms. The van der Waals surface area contributed by atoms with Crippen LogP contribution in [0.25, 0.3) is 21.5 Å². The minimum absolute atomic E-state index is 0.156. The van der Waals surface area contributed by atoms with Crippen molar-refractivity contribution in [2.45, 2.75) is 31.0 Å². The van der Waals surface area contributed by atoms with Crippen molar-refractivity contribution in [1.82, 2.24) is 14.5 Å². The molecule has 1 aliphatic rings. The van der Waals surface area contributed by atoms with E-state index < -0.39 is 30.6 Å². The van der Waals surface area contributed by atoms with Crippen molar-refractivity contribution in [2.24, 2.45) is 5.11 Å². The van der Waals surface area contributed by atoms with E-state index in [0.29, 0.717) is 11.0 Å². The minimum atomic E-state index is -1.62. The van der Waals surface area contributed by atoms with Gasteiger partial charge in [0.1, 0.15) is 35.6 Å². The number of aliphatic hydroxyl groups excluding tert-OH is 2. The van der Waals surface area contributed by atoms with Gasteiger partial charge in [0.15, 0.2) is 6.23 Å². The van der Waals surface area contributed by atoms with Gasteiger partial charge in [0.05, 0.1) is 6.61 Å². The lowest BCUT2D eigenvalue weighted by Gasteiger charge is -2.27. The molecule has 0 spiro atoms. The van der Waals surface area contributed by atoms with Crippen LogP contribution in [0.2, 0.25) is 0 Å². The minimum Gasteiger partial charge on any atom is -0.394 e. The van der Waals surface area contributed by atoms with Gasteiger partial charge in [0.25, 0.3) is 0 Å². The molecule has 0 radical (unpaired) electrons. The highest BCUT2D eigenvalue weighted by molar-refractivity contribution is 5.85. The first kappa shape index (κ1) is 14.7. The molecule has 116 valence electrons. The van der Waals surface area contributed by atoms with Crippen LogP contribution in [-0.4, -0.2) is 54.3 Å². The van der Waals surface area contributed by atoms with Gasteiger partial charge in [-0.2, -0.15) is 0 Å². The van der Waals surface area contributed by atoms with Gasteiger partial charge in [-0.05, 0) is 23.6 Å². The maximum Gasteiger partial charge on any atom is 0.167 e. The number of aliphatic hydroxyl groups is 3. The summed E-state index contributed by atoms with van der Waals surface area (Å²) in [6, 6.07) is 1.62. The zero-order chi connectivity index (χ0) is 15.9. The number of azide groups is 1. The highest BCUT2D eigenvalue weighted by Crippen LogP contribution is 2.40. The molecule has 10 heteroatoms. The Hall–Kier alpha value is -2.23. The van der Waals surface area contributed by atoms with Crippen LogP contribution in [0.3, 0.4) is 0 Å². The first-order valence-corrected chi connectivity index (χ1v) is 6.54. The Morgan fingerprint density at radius 3 is 2.95 bits per heavy atom. The molecule has 4 atom stereocenters. The number of hydrogen-bond acceptors (Lipinski definition) is 7. The van der Waals surface area contributed by atoms with E-state index in [1.165, 1.54) is 17.8 Å². The van der Waals surface area contributed by atoms with Crippen molar-refractivity contribution in [2.75, 3.05) is 6.61 Å². The van der Waals surface area contributed by atoms with Gasteiger partial charge in [0, 0.05) is 16.5 Å². The summed E-state index contributed by atoms with van der Waals surface area (Å²) in [5.74, 6) is 0.156. The second-order valence-electron chi connectivity index (χ2n) is 5.23. The van der Waals surface area contributed by atoms with E-state index in [1.54, 1.807) is 12.3 Å². The van der Waals surface area contributed by atoms with E-state index >= 15 is 0 Å². The normalized spacial score (nSPS) is 31.4. The lowest BCUT2D eigenvalue weighted by molar-refractivity contribution is -0.0948. The van der Waals surface area contributed by atoms with Crippen molar-refractivity contribution in [1.29, 1.82) is 0 Å². The number of nitrogens with zero attached hydrogens (tertiary/aromatic N) is 6. The largest absolute Gasteiger partial charge is 0.394 e. The first-order chi connectivity index (χ1) is 10.5. The van der Waals surface area contributed by atoms with Crippen molar-refractivity contribution in [3.05, 3.63) is 29.0 Å². The third kappa shape index (κ3) is 2.02. The smallest absolute Gasteiger partial charge is 0.167 e. The standard InChI is InChI=1S/C12H14N6O4/c1-12(21)8(20)7(4-19)22-11(12)18-3-2-6-9(16-17-13)14-5-15-10(6)18/h2-3,5,7-8,11,19-21H,4H2,1H3/t7-,8-,11-,12-/m1/s1. The molecule has 1 saturated heterocycles. The lowest BCUT2D eigenvalue weighted by atomic mass is 9.96. The molecule has 1 fully saturated rings. The van der Waals surface area contributed by atoms with Crippen LogP contribution in [0.1, 0.15) is 13.2 Å². The summed E-state index contributed by atoms with van der Waals surface area (Å²) in [5.41, 5.74) is 7.31. The average Bonchev–Trinajstić information content (AvgIpc) is 3.01. The van der Waals surface area contributed by atoms with Gasteiger partial charge < -0.3 is 24.6 Å². The Morgan fingerprint density at radius 2 is 2.32 bits per heavy atom. The number of rotatable bonds is 3. The van der Waals surface area contributed by atoms with Crippen molar-refractivity contribution >= 4 is 16.9 Å². The van der Waals surface area contributed by atoms with E-state index in [0.717, 1.165) is 0 Å². The second-order valence-corrected chi connectivity index (χ2v) is 5.23. The fraction of sp³-hybridized carbons (Fsp3) is 0.500. The van der Waals surface area contributed by atoms with Crippen molar-refractivity contribution < 1.29 is 20.1 Å². The van der Waals surface area contributed by atoms with Crippen molar-refractivity contribution in [3.8, 4) is 0 Å². The summed E-state index contributed by atoms with van der Waals surface area (Å²) in [4.78, 5) is 10.7. The molecule has 10 nitrogen and oxygen atoms in total. The molecule has 0 unspecified atom stereocenters. The third-order valence-electron chi connectivity index (χ3n) is 3.81. The summed E-state index contributed by atoms with van der Waals surface area (Å²) >= 11 is 0. The van der Waals surface area contributed by atoms with Gasteiger partial charge in [-0.25, -0.2) is 9.97 Å². The molecule has 3 N–H and O–H groups in total. The summed E-state index contributed by atoms with van der Waals surface area (Å²) in [7, 11) is 0. The molecule has 2 aromatic rings. The maximum atomic E-state index is 10.5. The van der Waals surface area contributed by atoms with Crippen LogP contribution in [0, 0.1) is 0 Å². The molecular formula is C12H14N6O4. The summed E-state index contributed by atoms with van der Waals surface area (Å²) < 4.78 is 7.05. The van der Waals surface area contributed by atoms with Crippen LogP contribution >= 0.6 is 0 Å². The summed E-state index contributed by atoms with van der Waals surface area (Å²) in [5, 5.41) is 33.7. The molecule has 1 aliphatic heterocycles. The molecule has 3 heterocycles. The van der Waals surface area contributed by atoms with E-state index in [-0.39, 0.29) is 5.82 Å². The Morgan fingerprint density at radius 1 is 1.55 bits per heavy atom. The Bertz CT molecular complexity index is 753. The number of hydrogen-bond donors (Lipinski definition) is 3. The quantitative estimate of drug-likeness (QED) is 0.423. The Balaban J connectivity index is 2.11. The molecule has 3 rings (SSSR count). The highest BCUT2D eigenvalue weighted by atomic mass is 16.6. The number of aromatic nitrogens is 3. The van der Waals surface area contributed by atoms with Gasteiger partial charge in [-0.3, -0.25) is 0 Å². The van der Waals surface area contributed by atoms with Crippen LogP contribution in [-0.2, 0) is 4.74 Å². The maximum absolute atomic E-state index is 10.5. The van der Waals surface area contributed by atoms with Gasteiger partial charge in [-0.15, -0.1) is 0 Å². The summed E-state index contributed by atoms with van der Waals surface area (Å²) in [6.07, 6.45) is -0.298. The van der Waals surface area contributed by atoms with E-state index in [4.69, 9.17) is 10.3 Å². The molecule has 0 saturated carbocycles. The van der Waals surface area contributed by atoms with Gasteiger partial charge in [0.2, 0.25) is 0 Å². The first-order valence-electron chi connectivity index (χ1n) is 6.54. The average molecular weight is 306 g/mol. The third-order valence-corrected chi connectivity index (χ3v) is 3.81. The molecule has 0 amide bonds. The Kier molecular flexibility index (Phi) is 3.47. The molecule has 0 aromatic carbocycles. The SMILES string of the molecule is C[C@@]1(O)[C@H](O)[C@@H](CO)O[C@H]1n1ccc2c(N=[N+]=[N-])ncnc21. The van der Waals surface area contributed by atoms with Gasteiger partial charge >= 0.3 is 0 Å². The monoisotopic (exact) mass is 306 g/mol. The molecular weight excluding hydrogens is 292 g/mol. The highest BCUT2D eigenvalue weighted by Gasteiger charge is 2.53. The van der Waals surface area contributed by atoms with Crippen LogP contribution in [0.15, 0.2) is 23.7 Å². The Labute approximate surface area is 124 Å². The van der Waals surface area contributed by atoms with Crippen LogP contribution in [0.4, 0.5) is 5.82 Å². The fourth-order valence-corrected chi connectivity index (χ4v) is 2.66. The molecule has 2 aromatic heterocycles. The van der Waals surface area contributed by atoms with E-state index in [9.17, 15) is 15.3 Å². The number of fused-ring (bicyclic) bond motifs is 1. The van der Waals surface area contributed by atoms with E-state index in [1.807, 2.05) is 0 Å². The summed E-state index contributed by atoms with van der Waals surface area (Å²) in [6.45, 7) is 0.991. The predicted molar refractivity (Wildman–Crippen MR) is 74.0 cm³/mol. The second kappa shape index (κ2) is 5.20. The molecule has 0 aliphatic carbocycles. The topological polar surface area (TPSA) is 149 Å². The van der Waals surface area contributed by atoms with Crippen LogP contribution in [0.5, 0.6) is 0 Å².